The summed E-state index contributed by atoms with van der Waals surface area (Å²) >= 11 is 6.65. The summed E-state index contributed by atoms with van der Waals surface area (Å²) in [5.74, 6) is -3.60. The summed E-state index contributed by atoms with van der Waals surface area (Å²) in [6.45, 7) is -3.90. The van der Waals surface area contributed by atoms with Crippen molar-refractivity contribution < 1.29 is 90.0 Å². The molecule has 6 amide bonds. The molecule has 0 heterocycles. The van der Waals surface area contributed by atoms with Gasteiger partial charge in [-0.05, 0) is 115 Å². The van der Waals surface area contributed by atoms with Crippen LogP contribution < -0.4 is 31.1 Å². The number of anilines is 2. The first-order chi connectivity index (χ1) is 30.4. The van der Waals surface area contributed by atoms with Crippen LogP contribution in [-0.4, -0.2) is 206 Å². The highest BCUT2D eigenvalue weighted by molar-refractivity contribution is 14.1. The van der Waals surface area contributed by atoms with Gasteiger partial charge in [0, 0.05) is 33.3 Å². The number of benzene rings is 2. The first kappa shape index (κ1) is 58.7. The number of nitrogens with one attached hydrogen (secondary N) is 4. The molecule has 2 aromatic carbocycles. The third-order valence-corrected chi connectivity index (χ3v) is 13.7. The Hall–Kier alpha value is -2.46. The van der Waals surface area contributed by atoms with Gasteiger partial charge in [-0.1, -0.05) is 0 Å². The molecule has 7 unspecified atom stereocenters. The zero-order chi connectivity index (χ0) is 49.6. The van der Waals surface area contributed by atoms with Crippen molar-refractivity contribution in [2.75, 3.05) is 75.5 Å². The molecule has 0 spiro atoms. The number of carbonyl (C=O) groups is 6. The van der Waals surface area contributed by atoms with Crippen LogP contribution in [0.4, 0.5) is 16.2 Å². The largest absolute Gasteiger partial charge is 0.465 e. The number of hydrogen-bond donors (Lipinski definition) is 16. The van der Waals surface area contributed by atoms with Crippen molar-refractivity contribution in [3.63, 3.8) is 0 Å². The van der Waals surface area contributed by atoms with Gasteiger partial charge in [-0.25, -0.2) is 4.79 Å². The quantitative estimate of drug-likeness (QED) is 0.0336. The van der Waals surface area contributed by atoms with E-state index in [1.165, 1.54) is 13.8 Å². The molecule has 0 radical (unpaired) electrons. The Morgan fingerprint density at radius 3 is 1.15 bits per heavy atom. The Labute approximate surface area is 425 Å². The van der Waals surface area contributed by atoms with Crippen molar-refractivity contribution >= 4 is 138 Å². The molecular weight excluding hydrogens is 1320 g/mol. The SMILES string of the molecule is Cc1c(C(=O)NCC(O)CO)c(I)c(C(=O)NCC(O)CO)c(I)c1N(C=O)CC(O)C(O)C(O)CN(C(=O)O)c1c(C)c(C(=O)NCC(O)CO)c(I)c(C(=O)NCC(O)CO)c1I. The van der Waals surface area contributed by atoms with Gasteiger partial charge in [0.2, 0.25) is 6.41 Å². The van der Waals surface area contributed by atoms with Crippen molar-refractivity contribution in [1.82, 2.24) is 21.3 Å². The van der Waals surface area contributed by atoms with Gasteiger partial charge in [0.15, 0.2) is 0 Å². The summed E-state index contributed by atoms with van der Waals surface area (Å²) in [5.41, 5.74) is -1.53. The highest BCUT2D eigenvalue weighted by Crippen LogP contribution is 2.39. The number of aliphatic hydroxyl groups excluding tert-OH is 11. The van der Waals surface area contributed by atoms with Gasteiger partial charge in [-0.15, -0.1) is 0 Å². The molecule has 0 bridgehead atoms. The second kappa shape index (κ2) is 27.5. The van der Waals surface area contributed by atoms with Crippen molar-refractivity contribution in [2.24, 2.45) is 0 Å². The molecule has 28 heteroatoms. The molecule has 0 aliphatic carbocycles. The number of carboxylic acid groups (broad SMARTS) is 1. The number of carbonyl (C=O) groups excluding carboxylic acids is 5. The Balaban J connectivity index is 2.70. The lowest BCUT2D eigenvalue weighted by molar-refractivity contribution is -0.108. The maximum atomic E-state index is 13.5. The minimum atomic E-state index is -2.26. The Kier molecular flexibility index (Phi) is 24.8. The molecule has 0 aromatic heterocycles. The van der Waals surface area contributed by atoms with E-state index in [4.69, 9.17) is 0 Å². The maximum absolute atomic E-state index is 13.5. The molecule has 16 N–H and O–H groups in total. The Bertz CT molecular complexity index is 1950. The molecule has 0 saturated heterocycles. The second-order valence-electron chi connectivity index (χ2n) is 14.2. The molecule has 65 heavy (non-hydrogen) atoms. The first-order valence-electron chi connectivity index (χ1n) is 19.0. The molecule has 2 rings (SSSR count). The van der Waals surface area contributed by atoms with Gasteiger partial charge in [0.1, 0.15) is 18.3 Å². The zero-order valence-electron chi connectivity index (χ0n) is 34.4. The summed E-state index contributed by atoms with van der Waals surface area (Å²) in [4.78, 5) is 81.0. The first-order valence-corrected chi connectivity index (χ1v) is 23.3. The topological polar surface area (TPSA) is 400 Å². The minimum absolute atomic E-state index is 0.0130. The van der Waals surface area contributed by atoms with Crippen LogP contribution >= 0.6 is 90.4 Å². The molecule has 0 fully saturated rings. The smallest absolute Gasteiger partial charge is 0.411 e. The third-order valence-electron chi connectivity index (χ3n) is 9.39. The van der Waals surface area contributed by atoms with Crippen LogP contribution in [0.15, 0.2) is 0 Å². The van der Waals surface area contributed by atoms with Gasteiger partial charge in [-0.2, -0.15) is 0 Å². The molecule has 0 aliphatic heterocycles. The van der Waals surface area contributed by atoms with Crippen LogP contribution in [0.2, 0.25) is 0 Å². The van der Waals surface area contributed by atoms with Crippen molar-refractivity contribution in [1.29, 1.82) is 0 Å². The lowest BCUT2D eigenvalue weighted by atomic mass is 9.98. The standard InChI is InChI=1S/C37H50I4N6O18/c1-14-22(33(60)42-3-16(53)9-48)26(38)24(35(62)44-5-18(55)11-50)28(40)30(14)46(13-52)7-20(57)32(59)21(58)8-47(37(64)65)31-15(2)23(34(61)43-4-17(54)10-49)27(39)25(29(31)41)36(63)45-6-19(56)12-51/h13,16-21,32,48-51,53-59H,3-12H2,1-2H3,(H,42,60)(H,43,61)(H,44,62)(H,45,63)(H,64,65). The van der Waals surface area contributed by atoms with Gasteiger partial charge in [-0.3, -0.25) is 28.9 Å². The van der Waals surface area contributed by atoms with Gasteiger partial charge >= 0.3 is 6.09 Å². The molecular formula is C37H50I4N6O18. The summed E-state index contributed by atoms with van der Waals surface area (Å²) in [6, 6.07) is 0. The molecule has 364 valence electrons. The highest BCUT2D eigenvalue weighted by atomic mass is 127. The number of aliphatic hydroxyl groups is 11. The van der Waals surface area contributed by atoms with Crippen LogP contribution in [-0.2, 0) is 4.79 Å². The molecule has 7 atom stereocenters. The van der Waals surface area contributed by atoms with E-state index >= 15 is 0 Å². The summed E-state index contributed by atoms with van der Waals surface area (Å²) in [6.07, 6.45) is -13.7. The zero-order valence-corrected chi connectivity index (χ0v) is 43.0. The van der Waals surface area contributed by atoms with Gasteiger partial charge in [0.05, 0.1) is 105 Å². The van der Waals surface area contributed by atoms with Crippen LogP contribution in [0.5, 0.6) is 0 Å². The normalized spacial score (nSPS) is 14.5. The van der Waals surface area contributed by atoms with Crippen LogP contribution in [0.3, 0.4) is 0 Å². The summed E-state index contributed by atoms with van der Waals surface area (Å²) in [7, 11) is 0. The Morgan fingerprint density at radius 2 is 0.831 bits per heavy atom. The predicted octanol–water partition coefficient (Wildman–Crippen LogP) is -3.72. The molecule has 0 saturated carbocycles. The van der Waals surface area contributed by atoms with E-state index in [1.807, 2.05) is 0 Å². The fraction of sp³-hybridized carbons (Fsp3) is 0.514. The number of halogens is 4. The fourth-order valence-corrected chi connectivity index (χ4v) is 11.7. The van der Waals surface area contributed by atoms with Crippen LogP contribution in [0, 0.1) is 28.1 Å². The van der Waals surface area contributed by atoms with Crippen LogP contribution in [0.1, 0.15) is 52.6 Å². The number of hydrogen-bond acceptors (Lipinski definition) is 17. The van der Waals surface area contributed by atoms with E-state index in [-0.39, 0.29) is 65.4 Å². The summed E-state index contributed by atoms with van der Waals surface area (Å²) < 4.78 is -0.0886. The van der Waals surface area contributed by atoms with E-state index in [1.54, 1.807) is 90.4 Å². The predicted molar refractivity (Wildman–Crippen MR) is 262 cm³/mol. The van der Waals surface area contributed by atoms with E-state index < -0.39 is 138 Å². The minimum Gasteiger partial charge on any atom is -0.465 e. The number of nitrogens with zero attached hydrogens (tertiary/aromatic N) is 2. The van der Waals surface area contributed by atoms with Crippen molar-refractivity contribution in [3.8, 4) is 0 Å². The van der Waals surface area contributed by atoms with Crippen LogP contribution in [0.25, 0.3) is 0 Å². The van der Waals surface area contributed by atoms with Gasteiger partial charge < -0.3 is 87.4 Å². The molecule has 24 nitrogen and oxygen atoms in total. The molecule has 2 aromatic rings. The van der Waals surface area contributed by atoms with Crippen molar-refractivity contribution in [3.05, 3.63) is 47.7 Å². The maximum Gasteiger partial charge on any atom is 0.411 e. The number of rotatable bonds is 25. The second-order valence-corrected chi connectivity index (χ2v) is 18.5. The lowest BCUT2D eigenvalue weighted by Gasteiger charge is -2.32. The highest BCUT2D eigenvalue weighted by Gasteiger charge is 2.37. The van der Waals surface area contributed by atoms with Crippen molar-refractivity contribution in [2.45, 2.75) is 56.6 Å². The van der Waals surface area contributed by atoms with E-state index in [9.17, 15) is 90.0 Å². The lowest BCUT2D eigenvalue weighted by Crippen LogP contribution is -2.50. The monoisotopic (exact) mass is 1370 g/mol. The average molecular weight is 1370 g/mol. The Morgan fingerprint density at radius 1 is 0.523 bits per heavy atom. The summed E-state index contributed by atoms with van der Waals surface area (Å²) in [5, 5.41) is 130. The number of amides is 6. The van der Waals surface area contributed by atoms with E-state index in [0.717, 1.165) is 4.90 Å². The molecule has 0 aliphatic rings. The van der Waals surface area contributed by atoms with Gasteiger partial charge in [0.25, 0.3) is 23.6 Å². The fourth-order valence-electron chi connectivity index (χ4n) is 5.94. The van der Waals surface area contributed by atoms with E-state index in [2.05, 4.69) is 21.3 Å². The van der Waals surface area contributed by atoms with E-state index in [0.29, 0.717) is 4.90 Å². The third kappa shape index (κ3) is 15.3. The average Bonchev–Trinajstić information content (AvgIpc) is 3.26.